The molecule has 0 aliphatic carbocycles. The Hall–Kier alpha value is -3.89. The Morgan fingerprint density at radius 2 is 0.635 bits per heavy atom. The molecule has 0 radical (unpaired) electrons. The summed E-state index contributed by atoms with van der Waals surface area (Å²) in [6.07, 6.45) is 0. The molecule has 0 fully saturated rings. The van der Waals surface area contributed by atoms with Crippen LogP contribution >= 0.6 is 34.0 Å². The third-order valence-electron chi connectivity index (χ3n) is 10.7. The lowest BCUT2D eigenvalue weighted by molar-refractivity contribution is 1.34. The Labute approximate surface area is 324 Å². The van der Waals surface area contributed by atoms with E-state index in [1.807, 2.05) is 34.0 Å². The molecule has 0 spiro atoms. The maximum atomic E-state index is 2.39. The van der Waals surface area contributed by atoms with Crippen molar-refractivity contribution < 1.29 is 0 Å². The highest BCUT2D eigenvalue weighted by Gasteiger charge is 2.31. The van der Waals surface area contributed by atoms with Gasteiger partial charge in [-0.15, -0.1) is 34.0 Å². The van der Waals surface area contributed by atoms with E-state index >= 15 is 0 Å². The summed E-state index contributed by atoms with van der Waals surface area (Å²) in [4.78, 5) is 5.36. The van der Waals surface area contributed by atoms with E-state index in [2.05, 4.69) is 167 Å². The minimum atomic E-state index is 0.204. The fraction of sp³-hybridized carbons (Fsp3) is 0.234. The predicted octanol–water partition coefficient (Wildman–Crippen LogP) is 9.63. The molecule has 0 aliphatic rings. The molecule has 0 N–H and O–H groups in total. The Kier molecular flexibility index (Phi) is 10.2. The van der Waals surface area contributed by atoms with E-state index in [1.54, 1.807) is 0 Å². The second-order valence-electron chi connectivity index (χ2n) is 15.2. The molecule has 260 valence electrons. The number of hydrogen-bond acceptors (Lipinski definition) is 3. The smallest absolute Gasteiger partial charge is 0.148 e. The van der Waals surface area contributed by atoms with Crippen molar-refractivity contribution in [3.63, 3.8) is 0 Å². The highest BCUT2D eigenvalue weighted by molar-refractivity contribution is 7.34. The van der Waals surface area contributed by atoms with Gasteiger partial charge in [-0.25, -0.2) is 0 Å². The second kappa shape index (κ2) is 14.5. The van der Waals surface area contributed by atoms with Crippen LogP contribution in [0.3, 0.4) is 0 Å². The van der Waals surface area contributed by atoms with Gasteiger partial charge >= 0.3 is 0 Å². The van der Waals surface area contributed by atoms with Gasteiger partial charge in [0, 0.05) is 19.5 Å². The molecule has 0 atom stereocenters. The first kappa shape index (κ1) is 36.5. The van der Waals surface area contributed by atoms with Gasteiger partial charge < -0.3 is 0 Å². The fourth-order valence-corrected chi connectivity index (χ4v) is 12.3. The molecule has 0 bridgehead atoms. The third kappa shape index (κ3) is 6.96. The molecule has 0 amide bonds. The van der Waals surface area contributed by atoms with Crippen LogP contribution < -0.4 is 31.4 Å². The molecule has 0 saturated heterocycles. The van der Waals surface area contributed by atoms with Crippen molar-refractivity contribution in [2.75, 3.05) is 0 Å². The summed E-state index contributed by atoms with van der Waals surface area (Å²) in [5.74, 6) is 0. The van der Waals surface area contributed by atoms with Gasteiger partial charge in [-0.05, 0) is 110 Å². The van der Waals surface area contributed by atoms with Gasteiger partial charge in [0.05, 0.1) is 0 Å². The summed E-state index contributed by atoms with van der Waals surface area (Å²) in [6, 6.07) is 35.3. The summed E-state index contributed by atoms with van der Waals surface area (Å²) < 4.78 is 2.81. The molecule has 0 unspecified atom stereocenters. The quantitative estimate of drug-likeness (QED) is 0.137. The minimum Gasteiger partial charge on any atom is -0.148 e. The molecule has 0 nitrogen and oxygen atoms in total. The Morgan fingerprint density at radius 3 is 1.04 bits per heavy atom. The first-order valence-corrected chi connectivity index (χ1v) is 20.8. The highest BCUT2D eigenvalue weighted by atomic mass is 32.1. The third-order valence-corrected chi connectivity index (χ3v) is 14.5. The summed E-state index contributed by atoms with van der Waals surface area (Å²) in [6.45, 7) is 25.3. The lowest BCUT2D eigenvalue weighted by Gasteiger charge is -2.23. The van der Waals surface area contributed by atoms with Gasteiger partial charge in [0.25, 0.3) is 13.4 Å². The Bertz CT molecular complexity index is 2330. The molecule has 3 heterocycles. The zero-order valence-electron chi connectivity index (χ0n) is 32.5. The summed E-state index contributed by atoms with van der Waals surface area (Å²) in [5.41, 5.74) is 20.6. The van der Waals surface area contributed by atoms with Gasteiger partial charge in [-0.2, -0.15) is 0 Å². The van der Waals surface area contributed by atoms with Crippen LogP contribution in [0, 0.1) is 76.2 Å². The summed E-state index contributed by atoms with van der Waals surface area (Å²) in [7, 11) is 0. The van der Waals surface area contributed by atoms with Gasteiger partial charge in [0.2, 0.25) is 0 Å². The monoisotopic (exact) mass is 730 g/mol. The summed E-state index contributed by atoms with van der Waals surface area (Å²) in [5, 5.41) is 0. The van der Waals surface area contributed by atoms with Crippen molar-refractivity contribution in [3.8, 4) is 19.5 Å². The molecule has 0 aliphatic heterocycles. The van der Waals surface area contributed by atoms with E-state index in [4.69, 9.17) is 0 Å². The molecule has 5 heteroatoms. The van der Waals surface area contributed by atoms with Gasteiger partial charge in [0.15, 0.2) is 0 Å². The van der Waals surface area contributed by atoms with Crippen molar-refractivity contribution in [3.05, 3.63) is 152 Å². The number of benzene rings is 4. The average molecular weight is 731 g/mol. The van der Waals surface area contributed by atoms with E-state index in [9.17, 15) is 0 Å². The molecule has 0 saturated carbocycles. The van der Waals surface area contributed by atoms with Crippen molar-refractivity contribution in [1.82, 2.24) is 0 Å². The molecule has 7 aromatic rings. The Morgan fingerprint density at radius 1 is 0.308 bits per heavy atom. The number of hydrogen-bond donors (Lipinski definition) is 0. The van der Waals surface area contributed by atoms with E-state index in [0.29, 0.717) is 0 Å². The van der Waals surface area contributed by atoms with Crippen LogP contribution in [0.5, 0.6) is 0 Å². The van der Waals surface area contributed by atoms with E-state index in [-0.39, 0.29) is 13.4 Å². The van der Waals surface area contributed by atoms with Gasteiger partial charge in [-0.1, -0.05) is 150 Å². The van der Waals surface area contributed by atoms with E-state index < -0.39 is 0 Å². The van der Waals surface area contributed by atoms with Crippen LogP contribution in [0.1, 0.15) is 61.2 Å². The SMILES string of the molecule is Cc1ccc(B(c2ccc(-c3ccc(-c4ccc(B(c5c(C)cc(C)cc5C)c5c(C)cc(C)cc5C)s4)s3)s2)c2c(C)cc(C)cc2C)c(C)c1. The first-order chi connectivity index (χ1) is 24.8. The fourth-order valence-electron chi connectivity index (χ4n) is 8.85. The van der Waals surface area contributed by atoms with Crippen LogP contribution in [0.4, 0.5) is 0 Å². The van der Waals surface area contributed by atoms with Gasteiger partial charge in [-0.3, -0.25) is 0 Å². The van der Waals surface area contributed by atoms with Crippen molar-refractivity contribution in [2.45, 2.75) is 76.2 Å². The number of aryl methyl sites for hydroxylation is 11. The molecular weight excluding hydrogens is 682 g/mol. The zero-order valence-corrected chi connectivity index (χ0v) is 35.0. The number of rotatable bonds is 8. The number of thiophene rings is 3. The lowest BCUT2D eigenvalue weighted by Crippen LogP contribution is -2.54. The molecular formula is C47H48B2S3. The average Bonchev–Trinajstić information content (AvgIpc) is 3.83. The molecule has 3 aromatic heterocycles. The van der Waals surface area contributed by atoms with E-state index in [1.165, 1.54) is 112 Å². The Balaban J connectivity index is 1.27. The van der Waals surface area contributed by atoms with E-state index in [0.717, 1.165) is 0 Å². The van der Waals surface area contributed by atoms with Crippen LogP contribution in [0.25, 0.3) is 19.5 Å². The predicted molar refractivity (Wildman–Crippen MR) is 238 cm³/mol. The van der Waals surface area contributed by atoms with Crippen LogP contribution in [0.2, 0.25) is 0 Å². The maximum Gasteiger partial charge on any atom is 0.255 e. The van der Waals surface area contributed by atoms with Gasteiger partial charge in [0.1, 0.15) is 0 Å². The van der Waals surface area contributed by atoms with Crippen LogP contribution in [-0.2, 0) is 0 Å². The minimum absolute atomic E-state index is 0.204. The lowest BCUT2D eigenvalue weighted by atomic mass is 9.37. The summed E-state index contributed by atoms with van der Waals surface area (Å²) >= 11 is 5.84. The largest absolute Gasteiger partial charge is 0.255 e. The standard InChI is InChI=1S/C47H48B2S3/c1-27-12-13-38(31(5)20-27)48(45-32(6)21-28(2)22-33(45)7)43-18-16-41(51-43)39-14-15-40(50-39)42-17-19-44(52-42)49(46-34(8)23-29(3)24-35(46)9)47-36(10)25-30(4)26-37(47)11/h12-26H,1-11H3. The highest BCUT2D eigenvalue weighted by Crippen LogP contribution is 2.38. The second-order valence-corrected chi connectivity index (χ2v) is 18.5. The molecule has 7 rings (SSSR count). The van der Waals surface area contributed by atoms with Crippen molar-refractivity contribution in [2.24, 2.45) is 0 Å². The zero-order chi connectivity index (χ0) is 37.0. The van der Waals surface area contributed by atoms with Crippen molar-refractivity contribution >= 4 is 78.8 Å². The molecule has 4 aromatic carbocycles. The van der Waals surface area contributed by atoms with Crippen molar-refractivity contribution in [1.29, 1.82) is 0 Å². The van der Waals surface area contributed by atoms with Crippen LogP contribution in [0.15, 0.2) is 91.0 Å². The molecule has 52 heavy (non-hydrogen) atoms. The normalized spacial score (nSPS) is 11.4. The first-order valence-electron chi connectivity index (χ1n) is 18.4. The maximum absolute atomic E-state index is 2.39. The topological polar surface area (TPSA) is 0 Å². The van der Waals surface area contributed by atoms with Crippen LogP contribution in [-0.4, -0.2) is 13.4 Å².